The Bertz CT molecular complexity index is 789. The van der Waals surface area contributed by atoms with Crippen molar-refractivity contribution in [1.82, 2.24) is 15.3 Å². The van der Waals surface area contributed by atoms with Crippen LogP contribution in [0.25, 0.3) is 0 Å². The fourth-order valence-corrected chi connectivity index (χ4v) is 4.53. The van der Waals surface area contributed by atoms with Gasteiger partial charge < -0.3 is 15.2 Å². The lowest BCUT2D eigenvalue weighted by molar-refractivity contribution is -0.164. The van der Waals surface area contributed by atoms with Crippen molar-refractivity contribution in [3.8, 4) is 0 Å². The molecule has 33 heavy (non-hydrogen) atoms. The predicted molar refractivity (Wildman–Crippen MR) is 121 cm³/mol. The zero-order valence-corrected chi connectivity index (χ0v) is 19.5. The molecule has 184 valence electrons. The number of nitrogens with zero attached hydrogens (tertiary/aromatic N) is 2. The van der Waals surface area contributed by atoms with Gasteiger partial charge in [0.15, 0.2) is 0 Å². The van der Waals surface area contributed by atoms with E-state index in [9.17, 15) is 29.1 Å². The number of aliphatic hydroxyl groups excluding tert-OH is 1. The van der Waals surface area contributed by atoms with E-state index in [1.54, 1.807) is 19.1 Å². The van der Waals surface area contributed by atoms with Gasteiger partial charge in [0.25, 0.3) is 5.91 Å². The molecule has 1 saturated carbocycles. The summed E-state index contributed by atoms with van der Waals surface area (Å²) < 4.78 is 14.1. The van der Waals surface area contributed by atoms with Crippen LogP contribution < -0.4 is 5.32 Å². The summed E-state index contributed by atoms with van der Waals surface area (Å²) in [6.07, 6.45) is 11.8. The van der Waals surface area contributed by atoms with Gasteiger partial charge in [0.05, 0.1) is 5.92 Å². The average Bonchev–Trinajstić information content (AvgIpc) is 3.49. The number of amides is 3. The minimum atomic E-state index is -0.841. The SMILES string of the molecule is C\C=C/C=C\C(F)=C(/C)C(=O)NC(=O)C1CCCN1C(=O)C(CC1CCCC1)CN(O)CO. The van der Waals surface area contributed by atoms with E-state index in [0.29, 0.717) is 36.8 Å². The number of carbonyl (C=O) groups excluding carboxylic acids is 3. The maximum Gasteiger partial charge on any atom is 0.256 e. The molecule has 3 amide bonds. The minimum Gasteiger partial charge on any atom is -0.379 e. The van der Waals surface area contributed by atoms with Crippen molar-refractivity contribution < 1.29 is 29.1 Å². The van der Waals surface area contributed by atoms with Crippen LogP contribution in [-0.2, 0) is 14.4 Å². The van der Waals surface area contributed by atoms with Crippen LogP contribution in [0, 0.1) is 11.8 Å². The molecule has 9 heteroatoms. The van der Waals surface area contributed by atoms with E-state index in [1.807, 2.05) is 0 Å². The topological polar surface area (TPSA) is 110 Å². The molecule has 0 spiro atoms. The highest BCUT2D eigenvalue weighted by Gasteiger charge is 2.39. The third-order valence-corrected chi connectivity index (χ3v) is 6.36. The zero-order chi connectivity index (χ0) is 24.4. The molecule has 3 N–H and O–H groups in total. The molecule has 1 saturated heterocycles. The number of likely N-dealkylation sites (tertiary alicyclic amines) is 1. The molecular weight excluding hydrogens is 429 g/mol. The zero-order valence-electron chi connectivity index (χ0n) is 19.5. The normalized spacial score (nSPS) is 21.3. The highest BCUT2D eigenvalue weighted by atomic mass is 19.1. The molecule has 2 atom stereocenters. The van der Waals surface area contributed by atoms with Crippen LogP contribution in [-0.4, -0.2) is 63.9 Å². The second kappa shape index (κ2) is 13.4. The van der Waals surface area contributed by atoms with Crippen LogP contribution in [0.5, 0.6) is 0 Å². The van der Waals surface area contributed by atoms with Crippen LogP contribution in [0.3, 0.4) is 0 Å². The fraction of sp³-hybridized carbons (Fsp3) is 0.625. The van der Waals surface area contributed by atoms with Gasteiger partial charge in [-0.25, -0.2) is 4.39 Å². The molecule has 0 aromatic heterocycles. The molecule has 8 nitrogen and oxygen atoms in total. The Balaban J connectivity index is 2.08. The third-order valence-electron chi connectivity index (χ3n) is 6.36. The molecule has 0 aromatic rings. The van der Waals surface area contributed by atoms with Crippen molar-refractivity contribution in [3.63, 3.8) is 0 Å². The standard InChI is InChI=1S/C24H36FN3O5/c1-3-4-5-11-20(25)17(2)22(30)26-23(31)21-12-8-13-28(21)24(32)19(15-27(33)16-29)14-18-9-6-7-10-18/h3-5,11,18-19,21,29,33H,6-10,12-16H2,1-2H3,(H,26,30,31)/b4-3-,11-5-,20-17-. The molecule has 2 rings (SSSR count). The number of rotatable bonds is 10. The number of hydrogen-bond donors (Lipinski definition) is 3. The maximum atomic E-state index is 14.1. The van der Waals surface area contributed by atoms with Crippen LogP contribution in [0.1, 0.15) is 58.8 Å². The monoisotopic (exact) mass is 465 g/mol. The molecule has 2 unspecified atom stereocenters. The highest BCUT2D eigenvalue weighted by molar-refractivity contribution is 6.06. The summed E-state index contributed by atoms with van der Waals surface area (Å²) >= 11 is 0. The summed E-state index contributed by atoms with van der Waals surface area (Å²) in [5.41, 5.74) is -0.224. The van der Waals surface area contributed by atoms with E-state index in [4.69, 9.17) is 0 Å². The van der Waals surface area contributed by atoms with E-state index in [0.717, 1.165) is 31.8 Å². The number of carbonyl (C=O) groups is 3. The van der Waals surface area contributed by atoms with Gasteiger partial charge >= 0.3 is 0 Å². The number of halogens is 1. The Kier molecular flexibility index (Phi) is 10.9. The van der Waals surface area contributed by atoms with Gasteiger partial charge in [-0.05, 0) is 45.1 Å². The first kappa shape index (κ1) is 26.9. The van der Waals surface area contributed by atoms with Crippen molar-refractivity contribution in [3.05, 3.63) is 35.7 Å². The first-order chi connectivity index (χ1) is 15.8. The van der Waals surface area contributed by atoms with E-state index in [-0.39, 0.29) is 18.0 Å². The van der Waals surface area contributed by atoms with Crippen molar-refractivity contribution in [2.45, 2.75) is 64.8 Å². The molecular formula is C24H36FN3O5. The van der Waals surface area contributed by atoms with E-state index in [2.05, 4.69) is 5.32 Å². The Morgan fingerprint density at radius 1 is 1.18 bits per heavy atom. The van der Waals surface area contributed by atoms with Gasteiger partial charge in [-0.2, -0.15) is 5.06 Å². The van der Waals surface area contributed by atoms with Gasteiger partial charge in [0, 0.05) is 18.7 Å². The van der Waals surface area contributed by atoms with E-state index in [1.165, 1.54) is 17.9 Å². The number of allylic oxidation sites excluding steroid dienone is 5. The van der Waals surface area contributed by atoms with Crippen molar-refractivity contribution in [2.24, 2.45) is 11.8 Å². The summed E-state index contributed by atoms with van der Waals surface area (Å²) in [4.78, 5) is 39.9. The Hall–Kier alpha value is -2.36. The molecule has 0 bridgehead atoms. The van der Waals surface area contributed by atoms with Crippen molar-refractivity contribution in [1.29, 1.82) is 0 Å². The van der Waals surface area contributed by atoms with Gasteiger partial charge in [0.1, 0.15) is 18.6 Å². The van der Waals surface area contributed by atoms with Gasteiger partial charge in [-0.1, -0.05) is 43.9 Å². The summed E-state index contributed by atoms with van der Waals surface area (Å²) in [5, 5.41) is 21.9. The number of hydrogen-bond acceptors (Lipinski definition) is 6. The van der Waals surface area contributed by atoms with Crippen molar-refractivity contribution in [2.75, 3.05) is 19.8 Å². The summed E-state index contributed by atoms with van der Waals surface area (Å²) in [5.74, 6) is -2.70. The summed E-state index contributed by atoms with van der Waals surface area (Å²) in [6, 6.07) is -0.830. The lowest BCUT2D eigenvalue weighted by Crippen LogP contribution is -2.50. The second-order valence-electron chi connectivity index (χ2n) is 8.78. The molecule has 2 fully saturated rings. The molecule has 1 aliphatic heterocycles. The maximum absolute atomic E-state index is 14.1. The molecule has 1 aliphatic carbocycles. The Morgan fingerprint density at radius 2 is 1.88 bits per heavy atom. The van der Waals surface area contributed by atoms with Crippen LogP contribution in [0.2, 0.25) is 0 Å². The second-order valence-corrected chi connectivity index (χ2v) is 8.78. The first-order valence-corrected chi connectivity index (χ1v) is 11.6. The molecule has 0 aromatic carbocycles. The number of aliphatic hydroxyl groups is 1. The predicted octanol–water partition coefficient (Wildman–Crippen LogP) is 2.83. The number of nitrogens with one attached hydrogen (secondary N) is 1. The average molecular weight is 466 g/mol. The van der Waals surface area contributed by atoms with Gasteiger partial charge in [-0.15, -0.1) is 0 Å². The number of hydroxylamine groups is 2. The lowest BCUT2D eigenvalue weighted by Gasteiger charge is -2.30. The number of imide groups is 1. The quantitative estimate of drug-likeness (QED) is 0.198. The van der Waals surface area contributed by atoms with E-state index >= 15 is 0 Å². The molecule has 1 heterocycles. The van der Waals surface area contributed by atoms with Crippen LogP contribution in [0.15, 0.2) is 35.7 Å². The van der Waals surface area contributed by atoms with Gasteiger partial charge in [-0.3, -0.25) is 19.7 Å². The smallest absolute Gasteiger partial charge is 0.256 e. The third kappa shape index (κ3) is 7.87. The summed E-state index contributed by atoms with van der Waals surface area (Å²) in [6.45, 7) is 2.82. The van der Waals surface area contributed by atoms with Crippen molar-refractivity contribution >= 4 is 17.7 Å². The largest absolute Gasteiger partial charge is 0.379 e. The summed E-state index contributed by atoms with van der Waals surface area (Å²) in [7, 11) is 0. The lowest BCUT2D eigenvalue weighted by atomic mass is 9.91. The van der Waals surface area contributed by atoms with Crippen LogP contribution >= 0.6 is 0 Å². The first-order valence-electron chi connectivity index (χ1n) is 11.6. The molecule has 2 aliphatic rings. The highest BCUT2D eigenvalue weighted by Crippen LogP contribution is 2.32. The Labute approximate surface area is 194 Å². The Morgan fingerprint density at radius 3 is 2.52 bits per heavy atom. The van der Waals surface area contributed by atoms with Gasteiger partial charge in [0.2, 0.25) is 11.8 Å². The van der Waals surface area contributed by atoms with E-state index < -0.39 is 36.3 Å². The molecule has 0 radical (unpaired) electrons. The van der Waals surface area contributed by atoms with Crippen LogP contribution in [0.4, 0.5) is 4.39 Å². The fourth-order valence-electron chi connectivity index (χ4n) is 4.53. The minimum absolute atomic E-state index is 0.0266.